The number of carbonyl (C=O) groups excluding carboxylic acids is 1. The van der Waals surface area contributed by atoms with Gasteiger partial charge in [0, 0.05) is 34.5 Å². The Morgan fingerprint density at radius 2 is 1.71 bits per heavy atom. The number of nitrogens with zero attached hydrogens (tertiary/aromatic N) is 5. The van der Waals surface area contributed by atoms with Crippen molar-refractivity contribution in [3.63, 3.8) is 0 Å². The quantitative estimate of drug-likeness (QED) is 0.313. The van der Waals surface area contributed by atoms with Crippen molar-refractivity contribution in [3.05, 3.63) is 41.8 Å². The van der Waals surface area contributed by atoms with Gasteiger partial charge in [-0.15, -0.1) is 0 Å². The van der Waals surface area contributed by atoms with Crippen LogP contribution in [-0.2, 0) is 15.6 Å². The van der Waals surface area contributed by atoms with E-state index in [2.05, 4.69) is 36.1 Å². The Morgan fingerprint density at radius 1 is 1.00 bits per heavy atom. The highest BCUT2D eigenvalue weighted by atomic mass is 19.1. The number of hydrogen-bond donors (Lipinski definition) is 0. The van der Waals surface area contributed by atoms with Gasteiger partial charge in [-0.3, -0.25) is 4.79 Å². The highest BCUT2D eigenvalue weighted by Gasteiger charge is 2.73. The third-order valence-electron chi connectivity index (χ3n) is 10.9. The topological polar surface area (TPSA) is 98.2 Å². The average molecular weight is 560 g/mol. The fourth-order valence-corrected chi connectivity index (χ4v) is 8.04. The van der Waals surface area contributed by atoms with E-state index in [9.17, 15) is 9.18 Å². The summed E-state index contributed by atoms with van der Waals surface area (Å²) >= 11 is 0. The molecule has 2 heterocycles. The fourth-order valence-electron chi connectivity index (χ4n) is 8.04. The van der Waals surface area contributed by atoms with Crippen LogP contribution in [0.3, 0.4) is 0 Å². The second-order valence-electron chi connectivity index (χ2n) is 15.1. The summed E-state index contributed by atoms with van der Waals surface area (Å²) in [6, 6.07) is 7.91. The highest BCUT2D eigenvalue weighted by molar-refractivity contribution is 6.00. The third-order valence-corrected chi connectivity index (χ3v) is 10.9. The van der Waals surface area contributed by atoms with E-state index in [0.29, 0.717) is 43.5 Å². The lowest BCUT2D eigenvalue weighted by molar-refractivity contribution is -0.211. The van der Waals surface area contributed by atoms with Gasteiger partial charge in [0.2, 0.25) is 11.8 Å². The molecule has 7 aliphatic rings. The SMILES string of the molecule is CC(C)(C)c1nc(C23CCC(CN(C(=O)C45CC(F)(C4)C5)c4cccc(-c5nc(C6CC6)no5)c4)(CC2)CC3)no1. The van der Waals surface area contributed by atoms with Gasteiger partial charge < -0.3 is 13.9 Å². The van der Waals surface area contributed by atoms with E-state index < -0.39 is 11.1 Å². The normalized spacial score (nSPS) is 33.8. The van der Waals surface area contributed by atoms with Gasteiger partial charge in [-0.1, -0.05) is 37.2 Å². The number of hydrogen-bond acceptors (Lipinski definition) is 7. The number of carbonyl (C=O) groups is 1. The lowest BCUT2D eigenvalue weighted by atomic mass is 9.41. The van der Waals surface area contributed by atoms with E-state index in [1.54, 1.807) is 0 Å². The lowest BCUT2D eigenvalue weighted by Crippen LogP contribution is -2.71. The molecule has 0 saturated heterocycles. The Balaban J connectivity index is 1.07. The highest BCUT2D eigenvalue weighted by Crippen LogP contribution is 2.70. The molecule has 7 saturated carbocycles. The Kier molecular flexibility index (Phi) is 5.15. The molecule has 41 heavy (non-hydrogen) atoms. The number of amides is 1. The molecular formula is C32H38FN5O3. The van der Waals surface area contributed by atoms with E-state index >= 15 is 0 Å². The molecule has 7 fully saturated rings. The average Bonchev–Trinajstić information content (AvgIpc) is 3.43. The molecule has 0 atom stereocenters. The van der Waals surface area contributed by atoms with Crippen molar-refractivity contribution in [2.45, 2.75) is 114 Å². The maximum Gasteiger partial charge on any atom is 0.258 e. The van der Waals surface area contributed by atoms with Gasteiger partial charge in [0.25, 0.3) is 5.89 Å². The number of anilines is 1. The Bertz CT molecular complexity index is 1490. The van der Waals surface area contributed by atoms with Crippen LogP contribution < -0.4 is 4.90 Å². The molecule has 0 N–H and O–H groups in total. The predicted octanol–water partition coefficient (Wildman–Crippen LogP) is 6.81. The summed E-state index contributed by atoms with van der Waals surface area (Å²) < 4.78 is 25.9. The van der Waals surface area contributed by atoms with Crippen LogP contribution >= 0.6 is 0 Å². The minimum Gasteiger partial charge on any atom is -0.339 e. The van der Waals surface area contributed by atoms with Crippen LogP contribution in [0.5, 0.6) is 0 Å². The smallest absolute Gasteiger partial charge is 0.258 e. The zero-order valence-corrected chi connectivity index (χ0v) is 24.2. The van der Waals surface area contributed by atoms with Crippen molar-refractivity contribution < 1.29 is 18.2 Å². The molecule has 2 aromatic heterocycles. The van der Waals surface area contributed by atoms with E-state index in [1.807, 2.05) is 29.2 Å². The minimum absolute atomic E-state index is 0.0184. The first-order chi connectivity index (χ1) is 19.5. The molecule has 7 aliphatic carbocycles. The summed E-state index contributed by atoms with van der Waals surface area (Å²) in [5.41, 5.74) is -0.233. The van der Waals surface area contributed by atoms with Gasteiger partial charge in [-0.2, -0.15) is 9.97 Å². The molecule has 0 spiro atoms. The molecule has 8 nitrogen and oxygen atoms in total. The van der Waals surface area contributed by atoms with Gasteiger partial charge in [0.05, 0.1) is 5.41 Å². The standard InChI is InChI=1S/C32H38FN5O3/c1-28(2,3)26-35-25(37-41-26)30-12-9-29(10-13-30,11-14-30)19-38(27(39)31-16-32(33,17-31)18-31)22-6-4-5-21(15-22)24-34-23(36-40-24)20-7-8-20/h4-6,15,20H,7-14,16-19H2,1-3H3. The van der Waals surface area contributed by atoms with Crippen molar-refractivity contribution in [1.29, 1.82) is 0 Å². The van der Waals surface area contributed by atoms with Crippen molar-refractivity contribution in [2.75, 3.05) is 11.4 Å². The van der Waals surface area contributed by atoms with Crippen LogP contribution in [0.2, 0.25) is 0 Å². The molecule has 1 aromatic carbocycles. The van der Waals surface area contributed by atoms with E-state index in [4.69, 9.17) is 14.0 Å². The lowest BCUT2D eigenvalue weighted by Gasteiger charge is -2.65. The maximum atomic E-state index is 14.6. The molecule has 216 valence electrons. The first kappa shape index (κ1) is 25.6. The third kappa shape index (κ3) is 4.01. The van der Waals surface area contributed by atoms with Gasteiger partial charge in [-0.05, 0) is 94.2 Å². The van der Waals surface area contributed by atoms with Crippen molar-refractivity contribution >= 4 is 11.6 Å². The monoisotopic (exact) mass is 559 g/mol. The Labute approximate surface area is 239 Å². The van der Waals surface area contributed by atoms with E-state index in [1.165, 1.54) is 0 Å². The fraction of sp³-hybridized carbons (Fsp3) is 0.656. The minimum atomic E-state index is -1.13. The summed E-state index contributed by atoms with van der Waals surface area (Å²) in [4.78, 5) is 25.6. The Morgan fingerprint density at radius 3 is 2.32 bits per heavy atom. The molecule has 1 amide bonds. The number of rotatable bonds is 7. The summed E-state index contributed by atoms with van der Waals surface area (Å²) in [7, 11) is 0. The molecule has 0 aliphatic heterocycles. The van der Waals surface area contributed by atoms with Gasteiger partial charge in [0.1, 0.15) is 5.67 Å². The molecule has 3 aromatic rings. The first-order valence-corrected chi connectivity index (χ1v) is 15.3. The number of halogens is 1. The largest absolute Gasteiger partial charge is 0.339 e. The molecule has 9 heteroatoms. The van der Waals surface area contributed by atoms with Crippen LogP contribution in [0.15, 0.2) is 33.3 Å². The number of fused-ring (bicyclic) bond motifs is 3. The molecule has 0 radical (unpaired) electrons. The van der Waals surface area contributed by atoms with Crippen LogP contribution in [0, 0.1) is 10.8 Å². The zero-order chi connectivity index (χ0) is 28.3. The second-order valence-corrected chi connectivity index (χ2v) is 15.1. The summed E-state index contributed by atoms with van der Waals surface area (Å²) in [6.07, 6.45) is 9.25. The zero-order valence-electron chi connectivity index (χ0n) is 24.2. The van der Waals surface area contributed by atoms with Gasteiger partial charge in [0.15, 0.2) is 11.6 Å². The summed E-state index contributed by atoms with van der Waals surface area (Å²) in [6.45, 7) is 6.92. The number of alkyl halides is 1. The van der Waals surface area contributed by atoms with Crippen LogP contribution in [0.4, 0.5) is 10.1 Å². The molecule has 4 bridgehead atoms. The molecule has 10 rings (SSSR count). The van der Waals surface area contributed by atoms with Crippen LogP contribution in [0.25, 0.3) is 11.5 Å². The number of aromatic nitrogens is 4. The maximum absolute atomic E-state index is 14.6. The van der Waals surface area contributed by atoms with Crippen molar-refractivity contribution in [2.24, 2.45) is 10.8 Å². The number of benzene rings is 1. The van der Waals surface area contributed by atoms with Crippen LogP contribution in [0.1, 0.15) is 115 Å². The van der Waals surface area contributed by atoms with Crippen LogP contribution in [-0.4, -0.2) is 38.4 Å². The van der Waals surface area contributed by atoms with Gasteiger partial charge in [-0.25, -0.2) is 4.39 Å². The Hall–Kier alpha value is -3.10. The summed E-state index contributed by atoms with van der Waals surface area (Å²) in [5, 5.41) is 8.63. The summed E-state index contributed by atoms with van der Waals surface area (Å²) in [5.74, 6) is 3.27. The van der Waals surface area contributed by atoms with E-state index in [-0.39, 0.29) is 22.2 Å². The predicted molar refractivity (Wildman–Crippen MR) is 149 cm³/mol. The molecular weight excluding hydrogens is 521 g/mol. The second kappa shape index (κ2) is 8.26. The first-order valence-electron chi connectivity index (χ1n) is 15.3. The molecule has 0 unspecified atom stereocenters. The van der Waals surface area contributed by atoms with Crippen molar-refractivity contribution in [1.82, 2.24) is 20.3 Å². The van der Waals surface area contributed by atoms with E-state index in [0.717, 1.165) is 74.3 Å². The van der Waals surface area contributed by atoms with Gasteiger partial charge >= 0.3 is 0 Å². The van der Waals surface area contributed by atoms with Crippen molar-refractivity contribution in [3.8, 4) is 11.5 Å².